The Balaban J connectivity index is 2.10. The second-order valence-corrected chi connectivity index (χ2v) is 6.13. The molecule has 0 saturated heterocycles. The average molecular weight is 294 g/mol. The van der Waals surface area contributed by atoms with Crippen molar-refractivity contribution >= 4 is 11.6 Å². The Morgan fingerprint density at radius 1 is 1.05 bits per heavy atom. The fraction of sp³-hybridized carbons (Fsp3) is 0.316. The van der Waals surface area contributed by atoms with Crippen LogP contribution in [-0.4, -0.2) is 5.91 Å². The van der Waals surface area contributed by atoms with Crippen molar-refractivity contribution in [2.24, 2.45) is 5.73 Å². The smallest absolute Gasteiger partial charge is 0.224 e. The van der Waals surface area contributed by atoms with Crippen LogP contribution in [0.4, 0.5) is 5.69 Å². The number of carbonyl (C=O) groups is 1. The summed E-state index contributed by atoms with van der Waals surface area (Å²) in [5.41, 5.74) is 14.5. The minimum Gasteiger partial charge on any atom is -0.326 e. The number of aryl methyl sites for hydroxylation is 2. The molecule has 1 heterocycles. The Morgan fingerprint density at radius 3 is 2.50 bits per heavy atom. The van der Waals surface area contributed by atoms with E-state index in [0.717, 1.165) is 34.4 Å². The summed E-state index contributed by atoms with van der Waals surface area (Å²) in [6.07, 6.45) is 1.34. The maximum absolute atomic E-state index is 11.6. The molecular weight excluding hydrogens is 272 g/mol. The standard InChI is InChI=1S/C19H22N2O/c1-11-6-4-5-7-15(11)18(20)16-10-14-8-9-17(22)21-19(14)13(3)12(16)2/h4-7,10,18H,8-9,20H2,1-3H3,(H,21,22). The van der Waals surface area contributed by atoms with Gasteiger partial charge in [0.05, 0.1) is 6.04 Å². The number of fused-ring (bicyclic) bond motifs is 1. The minimum atomic E-state index is -0.136. The molecule has 1 atom stereocenters. The molecule has 22 heavy (non-hydrogen) atoms. The number of rotatable bonds is 2. The quantitative estimate of drug-likeness (QED) is 0.890. The molecule has 1 aliphatic rings. The van der Waals surface area contributed by atoms with Gasteiger partial charge in [-0.15, -0.1) is 0 Å². The Bertz CT molecular complexity index is 749. The number of carbonyl (C=O) groups excluding carboxylic acids is 1. The summed E-state index contributed by atoms with van der Waals surface area (Å²) in [4.78, 5) is 11.6. The summed E-state index contributed by atoms with van der Waals surface area (Å²) in [6.45, 7) is 6.24. The van der Waals surface area contributed by atoms with Crippen LogP contribution < -0.4 is 11.1 Å². The van der Waals surface area contributed by atoms with Gasteiger partial charge in [-0.25, -0.2) is 0 Å². The van der Waals surface area contributed by atoms with E-state index in [2.05, 4.69) is 44.3 Å². The first-order chi connectivity index (χ1) is 10.5. The van der Waals surface area contributed by atoms with Crippen molar-refractivity contribution in [3.8, 4) is 0 Å². The molecule has 2 aromatic rings. The van der Waals surface area contributed by atoms with E-state index in [-0.39, 0.29) is 11.9 Å². The molecule has 1 unspecified atom stereocenters. The van der Waals surface area contributed by atoms with Crippen LogP contribution in [0.5, 0.6) is 0 Å². The van der Waals surface area contributed by atoms with Crippen LogP contribution >= 0.6 is 0 Å². The van der Waals surface area contributed by atoms with E-state index < -0.39 is 0 Å². The third-order valence-corrected chi connectivity index (χ3v) is 4.77. The third kappa shape index (κ3) is 2.42. The SMILES string of the molecule is Cc1ccccc1C(N)c1cc2c(c(C)c1C)NC(=O)CC2. The van der Waals surface area contributed by atoms with Gasteiger partial charge in [-0.2, -0.15) is 0 Å². The molecule has 3 heteroatoms. The molecule has 0 spiro atoms. The Labute approximate surface area is 131 Å². The maximum Gasteiger partial charge on any atom is 0.224 e. The summed E-state index contributed by atoms with van der Waals surface area (Å²) < 4.78 is 0. The third-order valence-electron chi connectivity index (χ3n) is 4.77. The topological polar surface area (TPSA) is 55.1 Å². The fourth-order valence-corrected chi connectivity index (χ4v) is 3.26. The number of benzene rings is 2. The van der Waals surface area contributed by atoms with Gasteiger partial charge in [-0.3, -0.25) is 4.79 Å². The summed E-state index contributed by atoms with van der Waals surface area (Å²) >= 11 is 0. The van der Waals surface area contributed by atoms with Crippen LogP contribution in [0.1, 0.15) is 45.8 Å². The lowest BCUT2D eigenvalue weighted by atomic mass is 9.86. The number of nitrogens with two attached hydrogens (primary N) is 1. The molecule has 3 nitrogen and oxygen atoms in total. The van der Waals surface area contributed by atoms with Crippen LogP contribution in [0, 0.1) is 20.8 Å². The van der Waals surface area contributed by atoms with Crippen molar-refractivity contribution in [1.29, 1.82) is 0 Å². The lowest BCUT2D eigenvalue weighted by molar-refractivity contribution is -0.116. The maximum atomic E-state index is 11.6. The zero-order chi connectivity index (χ0) is 15.9. The molecule has 0 fully saturated rings. The van der Waals surface area contributed by atoms with Crippen molar-refractivity contribution in [2.75, 3.05) is 5.32 Å². The van der Waals surface area contributed by atoms with E-state index >= 15 is 0 Å². The molecule has 0 aromatic heterocycles. The van der Waals surface area contributed by atoms with E-state index in [9.17, 15) is 4.79 Å². The van der Waals surface area contributed by atoms with E-state index in [1.54, 1.807) is 0 Å². The number of anilines is 1. The first kappa shape index (κ1) is 14.8. The van der Waals surface area contributed by atoms with Gasteiger partial charge in [-0.05, 0) is 60.6 Å². The van der Waals surface area contributed by atoms with Crippen LogP contribution in [0.25, 0.3) is 0 Å². The van der Waals surface area contributed by atoms with Crippen LogP contribution in [-0.2, 0) is 11.2 Å². The van der Waals surface area contributed by atoms with Crippen molar-refractivity contribution < 1.29 is 4.79 Å². The van der Waals surface area contributed by atoms with E-state index in [0.29, 0.717) is 6.42 Å². The molecule has 0 saturated carbocycles. The summed E-state index contributed by atoms with van der Waals surface area (Å²) in [5, 5.41) is 3.01. The van der Waals surface area contributed by atoms with Gasteiger partial charge in [-0.1, -0.05) is 30.3 Å². The normalized spacial score (nSPS) is 15.2. The van der Waals surface area contributed by atoms with Gasteiger partial charge >= 0.3 is 0 Å². The highest BCUT2D eigenvalue weighted by atomic mass is 16.1. The van der Waals surface area contributed by atoms with Crippen molar-refractivity contribution in [3.05, 3.63) is 63.7 Å². The van der Waals surface area contributed by atoms with Crippen molar-refractivity contribution in [2.45, 2.75) is 39.7 Å². The first-order valence-corrected chi connectivity index (χ1v) is 7.73. The molecule has 2 aromatic carbocycles. The molecule has 114 valence electrons. The predicted molar refractivity (Wildman–Crippen MR) is 90.1 cm³/mol. The Morgan fingerprint density at radius 2 is 1.77 bits per heavy atom. The lowest BCUT2D eigenvalue weighted by Gasteiger charge is -2.25. The van der Waals surface area contributed by atoms with Gasteiger partial charge in [0, 0.05) is 12.1 Å². The van der Waals surface area contributed by atoms with Gasteiger partial charge in [0.15, 0.2) is 0 Å². The van der Waals surface area contributed by atoms with Crippen molar-refractivity contribution in [3.63, 3.8) is 0 Å². The second-order valence-electron chi connectivity index (χ2n) is 6.13. The highest BCUT2D eigenvalue weighted by molar-refractivity contribution is 5.95. The zero-order valence-electron chi connectivity index (χ0n) is 13.4. The predicted octanol–water partition coefficient (Wildman–Crippen LogP) is 3.54. The van der Waals surface area contributed by atoms with Crippen LogP contribution in [0.2, 0.25) is 0 Å². The molecular formula is C19H22N2O. The molecule has 0 bridgehead atoms. The molecule has 0 radical (unpaired) electrons. The number of amides is 1. The average Bonchev–Trinajstić information content (AvgIpc) is 2.51. The molecule has 1 aliphatic heterocycles. The number of nitrogens with one attached hydrogen (secondary N) is 1. The lowest BCUT2D eigenvalue weighted by Crippen LogP contribution is -2.22. The largest absolute Gasteiger partial charge is 0.326 e. The fourth-order valence-electron chi connectivity index (χ4n) is 3.26. The van der Waals surface area contributed by atoms with E-state index in [1.165, 1.54) is 11.1 Å². The van der Waals surface area contributed by atoms with Gasteiger partial charge in [0.25, 0.3) is 0 Å². The number of hydrogen-bond donors (Lipinski definition) is 2. The molecule has 0 aliphatic carbocycles. The highest BCUT2D eigenvalue weighted by Gasteiger charge is 2.22. The van der Waals surface area contributed by atoms with Crippen molar-refractivity contribution in [1.82, 2.24) is 0 Å². The second kappa shape index (κ2) is 5.58. The minimum absolute atomic E-state index is 0.103. The highest BCUT2D eigenvalue weighted by Crippen LogP contribution is 2.35. The van der Waals surface area contributed by atoms with Gasteiger partial charge in [0.2, 0.25) is 5.91 Å². The van der Waals surface area contributed by atoms with Gasteiger partial charge < -0.3 is 11.1 Å². The number of hydrogen-bond acceptors (Lipinski definition) is 2. The zero-order valence-corrected chi connectivity index (χ0v) is 13.4. The summed E-state index contributed by atoms with van der Waals surface area (Å²) in [7, 11) is 0. The Kier molecular flexibility index (Phi) is 3.75. The van der Waals surface area contributed by atoms with E-state index in [1.807, 2.05) is 12.1 Å². The summed E-state index contributed by atoms with van der Waals surface area (Å²) in [5.74, 6) is 0.103. The van der Waals surface area contributed by atoms with Crippen LogP contribution in [0.15, 0.2) is 30.3 Å². The molecule has 3 rings (SSSR count). The first-order valence-electron chi connectivity index (χ1n) is 7.73. The monoisotopic (exact) mass is 294 g/mol. The van der Waals surface area contributed by atoms with Crippen LogP contribution in [0.3, 0.4) is 0 Å². The summed E-state index contributed by atoms with van der Waals surface area (Å²) in [6, 6.07) is 10.3. The molecule has 1 amide bonds. The Hall–Kier alpha value is -2.13. The van der Waals surface area contributed by atoms with E-state index in [4.69, 9.17) is 5.73 Å². The molecule has 3 N–H and O–H groups in total. The van der Waals surface area contributed by atoms with Gasteiger partial charge in [0.1, 0.15) is 0 Å².